The van der Waals surface area contributed by atoms with Crippen molar-refractivity contribution in [2.75, 3.05) is 6.54 Å². The maximum absolute atomic E-state index is 14.0. The quantitative estimate of drug-likeness (QED) is 0.170. The zero-order valence-electron chi connectivity index (χ0n) is 33.7. The van der Waals surface area contributed by atoms with Crippen LogP contribution >= 0.6 is 0 Å². The predicted octanol–water partition coefficient (Wildman–Crippen LogP) is 4.75. The van der Waals surface area contributed by atoms with Crippen LogP contribution in [0, 0.1) is 0 Å². The number of Topliss-reactive ketones (excluding diaryl/α,β-unsaturated/α-hetero) is 1. The molecular formula is C45H58N4O6Si. The van der Waals surface area contributed by atoms with Crippen LogP contribution in [-0.4, -0.2) is 78.9 Å². The molecule has 2 saturated heterocycles. The molecule has 2 aliphatic rings. The van der Waals surface area contributed by atoms with Gasteiger partial charge in [0, 0.05) is 19.4 Å². The molecule has 0 radical (unpaired) electrons. The fourth-order valence-corrected chi connectivity index (χ4v) is 12.5. The summed E-state index contributed by atoms with van der Waals surface area (Å²) in [5, 5.41) is 10.7. The van der Waals surface area contributed by atoms with Crippen LogP contribution < -0.4 is 26.3 Å². The zero-order chi connectivity index (χ0) is 40.5. The van der Waals surface area contributed by atoms with Gasteiger partial charge < -0.3 is 25.3 Å². The third-order valence-corrected chi connectivity index (χ3v) is 16.4. The Labute approximate surface area is 333 Å². The van der Waals surface area contributed by atoms with Crippen molar-refractivity contribution in [1.29, 1.82) is 0 Å². The van der Waals surface area contributed by atoms with Crippen LogP contribution in [0.4, 0.5) is 0 Å². The maximum Gasteiger partial charge on any atom is 0.262 e. The monoisotopic (exact) mass is 778 g/mol. The summed E-state index contributed by atoms with van der Waals surface area (Å²) in [5.41, 5.74) is -0.459. The highest BCUT2D eigenvalue weighted by Gasteiger charge is 2.51. The summed E-state index contributed by atoms with van der Waals surface area (Å²) in [6, 6.07) is 27.2. The van der Waals surface area contributed by atoms with Gasteiger partial charge in [-0.1, -0.05) is 131 Å². The van der Waals surface area contributed by atoms with Crippen LogP contribution in [0.5, 0.6) is 0 Å². The first-order valence-corrected chi connectivity index (χ1v) is 21.9. The highest BCUT2D eigenvalue weighted by molar-refractivity contribution is 6.99. The molecule has 0 saturated carbocycles. The standard InChI is InChI=1S/C45H58N4O6Si/c1-7-45(6)43(54)47-37(31-33-21-12-8-13-22-33)42(53)49-30-20-28-38(49)41(52)46-36(40(51)48-45)27-18-11-19-29-39(50)32(2)55-56(44(3,4)5,34-23-14-9-15-24-34)35-25-16-10-17-26-35/h8-17,19,21-26,32,36-38H,7,18,20,27-31H2,1-6H3,(H,46,52)(H,47,54)(H,48,51)/t32-,36+,37+,38-,45-/m1/s1. The summed E-state index contributed by atoms with van der Waals surface area (Å²) in [5.74, 6) is -1.72. The predicted molar refractivity (Wildman–Crippen MR) is 222 cm³/mol. The molecule has 56 heavy (non-hydrogen) atoms. The van der Waals surface area contributed by atoms with Crippen molar-refractivity contribution in [3.05, 3.63) is 109 Å². The second-order valence-corrected chi connectivity index (χ2v) is 20.5. The SMILES string of the molecule is CC[C@@]1(C)NC(=O)[C@H](CCC=CCC(=O)[C@@H](C)O[Si](c2ccccc2)(c2ccccc2)C(C)(C)C)NC(=O)[C@H]2CCCN2C(=O)[C@H](Cc2ccccc2)NC1=O. The average molecular weight is 779 g/mol. The molecule has 298 valence electrons. The maximum atomic E-state index is 14.0. The van der Waals surface area contributed by atoms with Crippen molar-refractivity contribution >= 4 is 48.1 Å². The number of amides is 4. The van der Waals surface area contributed by atoms with Crippen LogP contribution in [0.15, 0.2) is 103 Å². The number of allylic oxidation sites excluding steroid dienone is 2. The molecule has 5 rings (SSSR count). The summed E-state index contributed by atoms with van der Waals surface area (Å²) in [4.78, 5) is 70.6. The minimum absolute atomic E-state index is 0.0624. The van der Waals surface area contributed by atoms with E-state index in [0.29, 0.717) is 25.8 Å². The van der Waals surface area contributed by atoms with Gasteiger partial charge in [-0.15, -0.1) is 0 Å². The second-order valence-electron chi connectivity index (χ2n) is 16.3. The van der Waals surface area contributed by atoms with Crippen LogP contribution in [0.3, 0.4) is 0 Å². The van der Waals surface area contributed by atoms with Crippen LogP contribution in [0.1, 0.15) is 85.6 Å². The number of carbonyl (C=O) groups excluding carboxylic acids is 5. The first-order chi connectivity index (χ1) is 26.7. The lowest BCUT2D eigenvalue weighted by Crippen LogP contribution is -2.68. The first-order valence-electron chi connectivity index (χ1n) is 19.9. The molecule has 0 aliphatic carbocycles. The number of hydrogen-bond acceptors (Lipinski definition) is 6. The van der Waals surface area contributed by atoms with Crippen molar-refractivity contribution < 1.29 is 28.4 Å². The van der Waals surface area contributed by atoms with E-state index >= 15 is 0 Å². The van der Waals surface area contributed by atoms with Gasteiger partial charge in [0.15, 0.2) is 5.78 Å². The van der Waals surface area contributed by atoms with Gasteiger partial charge in [-0.05, 0) is 66.9 Å². The van der Waals surface area contributed by atoms with Gasteiger partial charge in [-0.25, -0.2) is 0 Å². The molecule has 2 heterocycles. The van der Waals surface area contributed by atoms with Gasteiger partial charge in [0.05, 0.1) is 0 Å². The Morgan fingerprint density at radius 1 is 0.875 bits per heavy atom. The van der Waals surface area contributed by atoms with Crippen molar-refractivity contribution in [2.45, 2.75) is 121 Å². The molecule has 5 atom stereocenters. The van der Waals surface area contributed by atoms with Crippen molar-refractivity contribution in [3.8, 4) is 0 Å². The van der Waals surface area contributed by atoms with E-state index in [1.165, 1.54) is 0 Å². The minimum atomic E-state index is -2.93. The molecule has 0 unspecified atom stereocenters. The summed E-state index contributed by atoms with van der Waals surface area (Å²) in [6.07, 6.45) is 5.32. The molecule has 11 heteroatoms. The average Bonchev–Trinajstić information content (AvgIpc) is 3.69. The van der Waals surface area contributed by atoms with E-state index in [1.54, 1.807) is 24.8 Å². The van der Waals surface area contributed by atoms with E-state index < -0.39 is 55.8 Å². The van der Waals surface area contributed by atoms with Crippen LogP contribution in [0.25, 0.3) is 0 Å². The van der Waals surface area contributed by atoms with E-state index in [9.17, 15) is 24.0 Å². The van der Waals surface area contributed by atoms with Gasteiger partial charge in [-0.2, -0.15) is 0 Å². The van der Waals surface area contributed by atoms with Gasteiger partial charge in [-0.3, -0.25) is 24.0 Å². The lowest BCUT2D eigenvalue weighted by atomic mass is 9.94. The molecule has 2 fully saturated rings. The van der Waals surface area contributed by atoms with E-state index in [4.69, 9.17) is 4.43 Å². The third kappa shape index (κ3) is 9.56. The minimum Gasteiger partial charge on any atom is -0.398 e. The van der Waals surface area contributed by atoms with Crippen LogP contribution in [0.2, 0.25) is 5.04 Å². The fraction of sp³-hybridized carbons (Fsp3) is 0.444. The topological polar surface area (TPSA) is 134 Å². The van der Waals surface area contributed by atoms with E-state index in [2.05, 4.69) is 61.0 Å². The summed E-state index contributed by atoms with van der Waals surface area (Å²) in [7, 11) is -2.93. The lowest BCUT2D eigenvalue weighted by Gasteiger charge is -2.44. The fourth-order valence-electron chi connectivity index (χ4n) is 7.84. The van der Waals surface area contributed by atoms with Gasteiger partial charge in [0.1, 0.15) is 29.8 Å². The molecule has 0 aromatic heterocycles. The highest BCUT2D eigenvalue weighted by atomic mass is 28.4. The number of nitrogens with zero attached hydrogens (tertiary/aromatic N) is 1. The Kier molecular flexibility index (Phi) is 13.9. The highest BCUT2D eigenvalue weighted by Crippen LogP contribution is 2.37. The first kappa shape index (κ1) is 42.3. The largest absolute Gasteiger partial charge is 0.398 e. The number of rotatable bonds is 13. The molecule has 3 aromatic carbocycles. The van der Waals surface area contributed by atoms with Crippen LogP contribution in [-0.2, 0) is 34.8 Å². The Morgan fingerprint density at radius 3 is 2.04 bits per heavy atom. The van der Waals surface area contributed by atoms with E-state index in [-0.39, 0.29) is 42.4 Å². The van der Waals surface area contributed by atoms with Gasteiger partial charge in [0.2, 0.25) is 23.6 Å². The van der Waals surface area contributed by atoms with Crippen molar-refractivity contribution in [2.24, 2.45) is 0 Å². The molecule has 4 amide bonds. The molecular weight excluding hydrogens is 721 g/mol. The molecule has 3 aromatic rings. The number of hydrogen-bond donors (Lipinski definition) is 3. The second kappa shape index (κ2) is 18.4. The van der Waals surface area contributed by atoms with Crippen molar-refractivity contribution in [3.63, 3.8) is 0 Å². The Balaban J connectivity index is 1.28. The molecule has 3 N–H and O–H groups in total. The summed E-state index contributed by atoms with van der Waals surface area (Å²) >= 11 is 0. The molecule has 0 bridgehead atoms. The van der Waals surface area contributed by atoms with Gasteiger partial charge >= 0.3 is 0 Å². The Hall–Kier alpha value is -4.87. The number of nitrogens with one attached hydrogen (secondary N) is 3. The van der Waals surface area contributed by atoms with E-state index in [1.807, 2.05) is 79.7 Å². The number of benzene rings is 3. The summed E-state index contributed by atoms with van der Waals surface area (Å²) in [6.45, 7) is 12.2. The number of ketones is 1. The van der Waals surface area contributed by atoms with E-state index in [0.717, 1.165) is 15.9 Å². The Morgan fingerprint density at radius 2 is 1.46 bits per heavy atom. The normalized spacial score (nSPS) is 23.0. The smallest absolute Gasteiger partial charge is 0.262 e. The molecule has 0 spiro atoms. The van der Waals surface area contributed by atoms with Gasteiger partial charge in [0.25, 0.3) is 8.32 Å². The summed E-state index contributed by atoms with van der Waals surface area (Å²) < 4.78 is 6.99. The molecule has 10 nitrogen and oxygen atoms in total. The zero-order valence-corrected chi connectivity index (χ0v) is 34.7. The lowest BCUT2D eigenvalue weighted by molar-refractivity contribution is -0.144. The Bertz CT molecular complexity index is 1830. The molecule has 2 aliphatic heterocycles. The van der Waals surface area contributed by atoms with Crippen molar-refractivity contribution in [1.82, 2.24) is 20.9 Å². The number of carbonyl (C=O) groups is 5. The number of fused-ring (bicyclic) bond motifs is 1. The third-order valence-electron chi connectivity index (χ3n) is 11.3.